The van der Waals surface area contributed by atoms with Gasteiger partial charge in [-0.05, 0) is 54.6 Å². The number of thioether (sulfide) groups is 1. The third kappa shape index (κ3) is 5.68. The van der Waals surface area contributed by atoms with Gasteiger partial charge in [0.05, 0.1) is 4.91 Å². The average molecular weight is 414 g/mol. The molecular formula is C21H19FN2O4S. The van der Waals surface area contributed by atoms with E-state index in [1.54, 1.807) is 6.08 Å². The zero-order valence-electron chi connectivity index (χ0n) is 15.7. The van der Waals surface area contributed by atoms with Crippen LogP contribution in [-0.2, 0) is 9.59 Å². The molecule has 1 saturated heterocycles. The van der Waals surface area contributed by atoms with E-state index in [0.717, 1.165) is 27.8 Å². The predicted octanol–water partition coefficient (Wildman–Crippen LogP) is 3.37. The van der Waals surface area contributed by atoms with Gasteiger partial charge in [0.15, 0.2) is 6.61 Å². The van der Waals surface area contributed by atoms with Crippen molar-refractivity contribution in [3.8, 4) is 5.75 Å². The monoisotopic (exact) mass is 414 g/mol. The van der Waals surface area contributed by atoms with Crippen molar-refractivity contribution < 1.29 is 23.5 Å². The van der Waals surface area contributed by atoms with Crippen molar-refractivity contribution in [2.45, 2.75) is 6.92 Å². The Morgan fingerprint density at radius 3 is 2.52 bits per heavy atom. The highest BCUT2D eigenvalue weighted by Crippen LogP contribution is 2.31. The van der Waals surface area contributed by atoms with E-state index in [1.807, 2.05) is 31.2 Å². The molecule has 1 fully saturated rings. The predicted molar refractivity (Wildman–Crippen MR) is 109 cm³/mol. The van der Waals surface area contributed by atoms with Crippen LogP contribution in [0.4, 0.5) is 9.18 Å². The van der Waals surface area contributed by atoms with Gasteiger partial charge < -0.3 is 10.1 Å². The van der Waals surface area contributed by atoms with Crippen molar-refractivity contribution in [1.82, 2.24) is 10.2 Å². The largest absolute Gasteiger partial charge is 0.484 e. The molecule has 8 heteroatoms. The molecule has 0 spiro atoms. The summed E-state index contributed by atoms with van der Waals surface area (Å²) in [4.78, 5) is 37.9. The van der Waals surface area contributed by atoms with E-state index < -0.39 is 11.7 Å². The van der Waals surface area contributed by atoms with E-state index >= 15 is 0 Å². The van der Waals surface area contributed by atoms with Crippen LogP contribution in [0.5, 0.6) is 5.75 Å². The van der Waals surface area contributed by atoms with Crippen LogP contribution in [0.25, 0.3) is 6.08 Å². The minimum Gasteiger partial charge on any atom is -0.484 e. The number of benzene rings is 2. The first-order valence-electron chi connectivity index (χ1n) is 8.89. The smallest absolute Gasteiger partial charge is 0.293 e. The fourth-order valence-electron chi connectivity index (χ4n) is 2.54. The second kappa shape index (κ2) is 9.38. The van der Waals surface area contributed by atoms with Crippen LogP contribution in [-0.4, -0.2) is 41.6 Å². The highest BCUT2D eigenvalue weighted by molar-refractivity contribution is 8.18. The number of hydrogen-bond acceptors (Lipinski definition) is 5. The molecule has 0 atom stereocenters. The molecule has 0 saturated carbocycles. The van der Waals surface area contributed by atoms with Crippen molar-refractivity contribution >= 4 is 34.9 Å². The summed E-state index contributed by atoms with van der Waals surface area (Å²) in [5, 5.41) is 2.22. The number of carbonyl (C=O) groups is 3. The molecule has 29 heavy (non-hydrogen) atoms. The lowest BCUT2D eigenvalue weighted by Crippen LogP contribution is -2.38. The number of hydrogen-bond donors (Lipinski definition) is 1. The minimum atomic E-state index is -0.406. The SMILES string of the molecule is Cc1ccc(/C=C2\SC(=O)N(CCNC(=O)COc3ccc(F)cc3)C2=O)cc1. The molecule has 1 aliphatic heterocycles. The van der Waals surface area contributed by atoms with Crippen LogP contribution >= 0.6 is 11.8 Å². The number of aryl methyl sites for hydroxylation is 1. The van der Waals surface area contributed by atoms with Crippen molar-refractivity contribution in [2.24, 2.45) is 0 Å². The van der Waals surface area contributed by atoms with Gasteiger partial charge >= 0.3 is 0 Å². The second-order valence-corrected chi connectivity index (χ2v) is 7.33. The van der Waals surface area contributed by atoms with Crippen LogP contribution in [0.1, 0.15) is 11.1 Å². The van der Waals surface area contributed by atoms with Crippen molar-refractivity contribution in [3.63, 3.8) is 0 Å². The summed E-state index contributed by atoms with van der Waals surface area (Å²) < 4.78 is 18.1. The first-order chi connectivity index (χ1) is 13.9. The Balaban J connectivity index is 1.47. The lowest BCUT2D eigenvalue weighted by atomic mass is 10.1. The molecular weight excluding hydrogens is 395 g/mol. The molecule has 0 radical (unpaired) electrons. The molecule has 0 unspecified atom stereocenters. The van der Waals surface area contributed by atoms with E-state index in [9.17, 15) is 18.8 Å². The van der Waals surface area contributed by atoms with Gasteiger partial charge in [-0.25, -0.2) is 4.39 Å². The fourth-order valence-corrected chi connectivity index (χ4v) is 3.41. The van der Waals surface area contributed by atoms with Crippen molar-refractivity contribution in [1.29, 1.82) is 0 Å². The van der Waals surface area contributed by atoms with Gasteiger partial charge in [-0.3, -0.25) is 19.3 Å². The summed E-state index contributed by atoms with van der Waals surface area (Å²) in [5.41, 5.74) is 1.95. The Labute approximate surface area is 171 Å². The number of amides is 3. The Morgan fingerprint density at radius 2 is 1.83 bits per heavy atom. The lowest BCUT2D eigenvalue weighted by molar-refractivity contribution is -0.125. The Bertz CT molecular complexity index is 942. The maximum absolute atomic E-state index is 12.8. The van der Waals surface area contributed by atoms with Crippen LogP contribution < -0.4 is 10.1 Å². The normalized spacial score (nSPS) is 15.1. The molecule has 1 N–H and O–H groups in total. The standard InChI is InChI=1S/C21H19FN2O4S/c1-14-2-4-15(5-3-14)12-18-20(26)24(21(27)29-18)11-10-23-19(25)13-28-17-8-6-16(22)7-9-17/h2-9,12H,10-11,13H2,1H3,(H,23,25)/b18-12-. The number of nitrogens with zero attached hydrogens (tertiary/aromatic N) is 1. The summed E-state index contributed by atoms with van der Waals surface area (Å²) in [6.45, 7) is 1.90. The quantitative estimate of drug-likeness (QED) is 0.703. The number of halogens is 1. The van der Waals surface area contributed by atoms with E-state index in [0.29, 0.717) is 10.7 Å². The van der Waals surface area contributed by atoms with Crippen LogP contribution in [0.2, 0.25) is 0 Å². The first-order valence-corrected chi connectivity index (χ1v) is 9.71. The fraction of sp³-hybridized carbons (Fsp3) is 0.190. The molecule has 2 aromatic carbocycles. The molecule has 2 aromatic rings. The summed E-state index contributed by atoms with van der Waals surface area (Å²) in [7, 11) is 0. The van der Waals surface area contributed by atoms with Gasteiger partial charge in [0.2, 0.25) is 0 Å². The maximum atomic E-state index is 12.8. The van der Waals surface area contributed by atoms with Crippen LogP contribution in [0.15, 0.2) is 53.4 Å². The Kier molecular flexibility index (Phi) is 6.66. The lowest BCUT2D eigenvalue weighted by Gasteiger charge is -2.13. The Hall–Kier alpha value is -3.13. The molecule has 0 aliphatic carbocycles. The molecule has 3 amide bonds. The molecule has 3 rings (SSSR count). The molecule has 6 nitrogen and oxygen atoms in total. The first kappa shape index (κ1) is 20.6. The van der Waals surface area contributed by atoms with Crippen molar-refractivity contribution in [3.05, 3.63) is 70.4 Å². The van der Waals surface area contributed by atoms with Gasteiger partial charge in [-0.2, -0.15) is 0 Å². The van der Waals surface area contributed by atoms with Gasteiger partial charge in [-0.1, -0.05) is 29.8 Å². The topological polar surface area (TPSA) is 75.7 Å². The molecule has 1 aliphatic rings. The van der Waals surface area contributed by atoms with E-state index in [1.165, 1.54) is 24.3 Å². The molecule has 0 aromatic heterocycles. The van der Waals surface area contributed by atoms with E-state index in [-0.39, 0.29) is 30.8 Å². The molecule has 0 bridgehead atoms. The van der Waals surface area contributed by atoms with Gasteiger partial charge in [0.25, 0.3) is 17.1 Å². The summed E-state index contributed by atoms with van der Waals surface area (Å²) >= 11 is 0.879. The molecule has 150 valence electrons. The average Bonchev–Trinajstić information content (AvgIpc) is 2.96. The van der Waals surface area contributed by atoms with E-state index in [2.05, 4.69) is 5.32 Å². The van der Waals surface area contributed by atoms with Gasteiger partial charge in [-0.15, -0.1) is 0 Å². The number of carbonyl (C=O) groups excluding carboxylic acids is 3. The number of nitrogens with one attached hydrogen (secondary N) is 1. The zero-order valence-corrected chi connectivity index (χ0v) is 16.5. The van der Waals surface area contributed by atoms with Crippen molar-refractivity contribution in [2.75, 3.05) is 19.7 Å². The van der Waals surface area contributed by atoms with Gasteiger partial charge in [0, 0.05) is 13.1 Å². The number of imide groups is 1. The third-order valence-electron chi connectivity index (χ3n) is 4.09. The van der Waals surface area contributed by atoms with Gasteiger partial charge in [0.1, 0.15) is 11.6 Å². The number of ether oxygens (including phenoxy) is 1. The zero-order chi connectivity index (χ0) is 20.8. The third-order valence-corrected chi connectivity index (χ3v) is 5.00. The number of rotatable bonds is 7. The summed E-state index contributed by atoms with van der Waals surface area (Å²) in [6, 6.07) is 12.9. The maximum Gasteiger partial charge on any atom is 0.293 e. The van der Waals surface area contributed by atoms with E-state index in [4.69, 9.17) is 4.74 Å². The highest BCUT2D eigenvalue weighted by atomic mass is 32.2. The van der Waals surface area contributed by atoms with Crippen LogP contribution in [0.3, 0.4) is 0 Å². The van der Waals surface area contributed by atoms with Crippen LogP contribution in [0, 0.1) is 12.7 Å². The highest BCUT2D eigenvalue weighted by Gasteiger charge is 2.34. The minimum absolute atomic E-state index is 0.0677. The summed E-state index contributed by atoms with van der Waals surface area (Å²) in [5.74, 6) is -0.807. The Morgan fingerprint density at radius 1 is 1.14 bits per heavy atom. The summed E-state index contributed by atoms with van der Waals surface area (Å²) in [6.07, 6.45) is 1.68. The second-order valence-electron chi connectivity index (χ2n) is 6.34. The molecule has 1 heterocycles.